The smallest absolute Gasteiger partial charge is 0.0620 e. The average Bonchev–Trinajstić information content (AvgIpc) is 1.97. The van der Waals surface area contributed by atoms with Crippen molar-refractivity contribution in [2.45, 2.75) is 38.2 Å². The van der Waals surface area contributed by atoms with Crippen LogP contribution in [0.4, 0.5) is 0 Å². The maximum absolute atomic E-state index is 9.71. The first-order valence-corrected chi connectivity index (χ1v) is 5.33. The molecular weight excluding hydrogens is 176 g/mol. The Bertz CT molecular complexity index is 84.1. The van der Waals surface area contributed by atoms with Gasteiger partial charge < -0.3 is 5.11 Å². The SMILES string of the molecule is CC(O)(CCCS)CCCS. The maximum Gasteiger partial charge on any atom is 0.0620 e. The van der Waals surface area contributed by atoms with Gasteiger partial charge >= 0.3 is 0 Å². The molecule has 0 saturated heterocycles. The predicted octanol–water partition coefficient (Wildman–Crippen LogP) is 2.16. The van der Waals surface area contributed by atoms with Crippen LogP contribution in [0.25, 0.3) is 0 Å². The minimum absolute atomic E-state index is 0.495. The standard InChI is InChI=1S/C8H18OS2/c1-8(9,4-2-6-10)5-3-7-11/h9-11H,2-7H2,1H3. The summed E-state index contributed by atoms with van der Waals surface area (Å²) in [5.41, 5.74) is -0.495. The van der Waals surface area contributed by atoms with Crippen LogP contribution < -0.4 is 0 Å². The normalized spacial score (nSPS) is 12.0. The molecule has 0 rings (SSSR count). The van der Waals surface area contributed by atoms with Crippen LogP contribution >= 0.6 is 25.3 Å². The summed E-state index contributed by atoms with van der Waals surface area (Å²) in [4.78, 5) is 0. The molecule has 0 unspecified atom stereocenters. The highest BCUT2D eigenvalue weighted by Gasteiger charge is 2.17. The molecule has 0 aliphatic heterocycles. The molecule has 0 radical (unpaired) electrons. The molecular formula is C8H18OS2. The van der Waals surface area contributed by atoms with Crippen molar-refractivity contribution in [3.63, 3.8) is 0 Å². The van der Waals surface area contributed by atoms with Gasteiger partial charge in [-0.3, -0.25) is 0 Å². The summed E-state index contributed by atoms with van der Waals surface area (Å²) >= 11 is 8.19. The van der Waals surface area contributed by atoms with Crippen molar-refractivity contribution in [2.24, 2.45) is 0 Å². The van der Waals surface area contributed by atoms with E-state index in [9.17, 15) is 5.11 Å². The summed E-state index contributed by atoms with van der Waals surface area (Å²) in [7, 11) is 0. The van der Waals surface area contributed by atoms with Gasteiger partial charge in [0.05, 0.1) is 5.60 Å². The van der Waals surface area contributed by atoms with Crippen molar-refractivity contribution in [3.8, 4) is 0 Å². The van der Waals surface area contributed by atoms with E-state index in [2.05, 4.69) is 25.3 Å². The summed E-state index contributed by atoms with van der Waals surface area (Å²) in [6.45, 7) is 1.89. The molecule has 0 fully saturated rings. The number of aliphatic hydroxyl groups is 1. The molecule has 0 aromatic heterocycles. The Labute approximate surface area is 80.4 Å². The van der Waals surface area contributed by atoms with E-state index in [0.29, 0.717) is 0 Å². The molecule has 0 aromatic carbocycles. The average molecular weight is 194 g/mol. The first kappa shape index (κ1) is 11.7. The van der Waals surface area contributed by atoms with Crippen LogP contribution in [-0.2, 0) is 0 Å². The zero-order valence-corrected chi connectivity index (χ0v) is 8.87. The number of rotatable bonds is 6. The van der Waals surface area contributed by atoms with Crippen molar-refractivity contribution in [1.82, 2.24) is 0 Å². The molecule has 1 N–H and O–H groups in total. The fourth-order valence-electron chi connectivity index (χ4n) is 1.04. The van der Waals surface area contributed by atoms with Crippen LogP contribution in [0, 0.1) is 0 Å². The van der Waals surface area contributed by atoms with Crippen LogP contribution in [0.1, 0.15) is 32.6 Å². The topological polar surface area (TPSA) is 20.2 Å². The Morgan fingerprint density at radius 2 is 1.45 bits per heavy atom. The molecule has 0 heterocycles. The van der Waals surface area contributed by atoms with Crippen molar-refractivity contribution in [1.29, 1.82) is 0 Å². The summed E-state index contributed by atoms with van der Waals surface area (Å²) in [5.74, 6) is 1.72. The Morgan fingerprint density at radius 1 is 1.09 bits per heavy atom. The fourth-order valence-corrected chi connectivity index (χ4v) is 1.36. The summed E-state index contributed by atoms with van der Waals surface area (Å²) in [5, 5.41) is 9.71. The van der Waals surface area contributed by atoms with E-state index >= 15 is 0 Å². The first-order valence-electron chi connectivity index (χ1n) is 4.06. The van der Waals surface area contributed by atoms with Crippen molar-refractivity contribution >= 4 is 25.3 Å². The van der Waals surface area contributed by atoms with Gasteiger partial charge in [-0.1, -0.05) is 0 Å². The highest BCUT2D eigenvalue weighted by atomic mass is 32.1. The highest BCUT2D eigenvalue weighted by molar-refractivity contribution is 7.80. The predicted molar refractivity (Wildman–Crippen MR) is 56.8 cm³/mol. The van der Waals surface area contributed by atoms with Gasteiger partial charge in [-0.25, -0.2) is 0 Å². The van der Waals surface area contributed by atoms with Crippen molar-refractivity contribution in [3.05, 3.63) is 0 Å². The van der Waals surface area contributed by atoms with E-state index in [1.165, 1.54) is 0 Å². The second-order valence-electron chi connectivity index (χ2n) is 3.15. The molecule has 1 nitrogen and oxygen atoms in total. The lowest BCUT2D eigenvalue weighted by molar-refractivity contribution is 0.0412. The Balaban J connectivity index is 3.43. The lowest BCUT2D eigenvalue weighted by Crippen LogP contribution is -2.24. The Morgan fingerprint density at radius 3 is 1.73 bits per heavy atom. The third-order valence-electron chi connectivity index (χ3n) is 1.75. The minimum Gasteiger partial charge on any atom is -0.390 e. The lowest BCUT2D eigenvalue weighted by Gasteiger charge is -2.22. The molecule has 3 heteroatoms. The number of thiol groups is 2. The molecule has 0 aliphatic carbocycles. The number of hydrogen-bond acceptors (Lipinski definition) is 3. The molecule has 0 aromatic rings. The Hall–Kier alpha value is 0.660. The largest absolute Gasteiger partial charge is 0.390 e. The van der Waals surface area contributed by atoms with Crippen LogP contribution in [0.5, 0.6) is 0 Å². The first-order chi connectivity index (χ1) is 5.12. The fraction of sp³-hybridized carbons (Fsp3) is 1.00. The summed E-state index contributed by atoms with van der Waals surface area (Å²) in [6, 6.07) is 0. The van der Waals surface area contributed by atoms with Crippen molar-refractivity contribution < 1.29 is 5.11 Å². The van der Waals surface area contributed by atoms with Crippen LogP contribution in [0.3, 0.4) is 0 Å². The monoisotopic (exact) mass is 194 g/mol. The van der Waals surface area contributed by atoms with Crippen LogP contribution in [-0.4, -0.2) is 22.2 Å². The van der Waals surface area contributed by atoms with E-state index in [1.807, 2.05) is 6.92 Å². The van der Waals surface area contributed by atoms with Gasteiger partial charge in [0.15, 0.2) is 0 Å². The van der Waals surface area contributed by atoms with Gasteiger partial charge in [0.1, 0.15) is 0 Å². The molecule has 0 aliphatic rings. The maximum atomic E-state index is 9.71. The number of hydrogen-bond donors (Lipinski definition) is 3. The van der Waals surface area contributed by atoms with Gasteiger partial charge in [-0.05, 0) is 44.1 Å². The second-order valence-corrected chi connectivity index (χ2v) is 4.05. The third-order valence-corrected chi connectivity index (χ3v) is 2.38. The molecule has 0 amide bonds. The van der Waals surface area contributed by atoms with E-state index in [1.54, 1.807) is 0 Å². The molecule has 0 atom stereocenters. The molecule has 0 spiro atoms. The Kier molecular flexibility index (Phi) is 6.58. The third kappa shape index (κ3) is 7.04. The minimum atomic E-state index is -0.495. The van der Waals surface area contributed by atoms with Crippen LogP contribution in [0.15, 0.2) is 0 Å². The van der Waals surface area contributed by atoms with Gasteiger partial charge in [0.25, 0.3) is 0 Å². The van der Waals surface area contributed by atoms with E-state index in [-0.39, 0.29) is 0 Å². The quantitative estimate of drug-likeness (QED) is 0.554. The second kappa shape index (κ2) is 6.21. The van der Waals surface area contributed by atoms with E-state index in [0.717, 1.165) is 37.2 Å². The summed E-state index contributed by atoms with van der Waals surface area (Å²) in [6.07, 6.45) is 3.68. The van der Waals surface area contributed by atoms with Gasteiger partial charge in [-0.2, -0.15) is 25.3 Å². The highest BCUT2D eigenvalue weighted by Crippen LogP contribution is 2.18. The lowest BCUT2D eigenvalue weighted by atomic mass is 9.95. The van der Waals surface area contributed by atoms with Crippen LogP contribution in [0.2, 0.25) is 0 Å². The van der Waals surface area contributed by atoms with Crippen molar-refractivity contribution in [2.75, 3.05) is 11.5 Å². The zero-order valence-electron chi connectivity index (χ0n) is 7.08. The van der Waals surface area contributed by atoms with E-state index in [4.69, 9.17) is 0 Å². The van der Waals surface area contributed by atoms with Gasteiger partial charge in [0.2, 0.25) is 0 Å². The molecule has 0 bridgehead atoms. The van der Waals surface area contributed by atoms with Gasteiger partial charge in [0, 0.05) is 0 Å². The van der Waals surface area contributed by atoms with Gasteiger partial charge in [-0.15, -0.1) is 0 Å². The summed E-state index contributed by atoms with van der Waals surface area (Å²) < 4.78 is 0. The van der Waals surface area contributed by atoms with E-state index < -0.39 is 5.60 Å². The zero-order chi connectivity index (χ0) is 8.74. The molecule has 0 saturated carbocycles. The molecule has 68 valence electrons. The molecule has 11 heavy (non-hydrogen) atoms.